The summed E-state index contributed by atoms with van der Waals surface area (Å²) in [7, 11) is 1.25. The number of aromatic nitrogens is 2. The highest BCUT2D eigenvalue weighted by Crippen LogP contribution is 2.14. The summed E-state index contributed by atoms with van der Waals surface area (Å²) in [5.74, 6) is 0.774. The van der Waals surface area contributed by atoms with Crippen molar-refractivity contribution in [2.75, 3.05) is 18.6 Å². The standard InChI is InChI=1S/C11H21N3OS/c1-4-11(10-8-13-14(2)9-10)12-6-5-7-16(3)15/h8-9,11-12H,4-7H2,1-3H3. The number of nitrogens with one attached hydrogen (secondary N) is 1. The van der Waals surface area contributed by atoms with Crippen molar-refractivity contribution in [2.24, 2.45) is 7.05 Å². The molecule has 4 nitrogen and oxygen atoms in total. The lowest BCUT2D eigenvalue weighted by molar-refractivity contribution is 0.518. The van der Waals surface area contributed by atoms with Crippen LogP contribution in [-0.2, 0) is 17.8 Å². The molecular weight excluding hydrogens is 222 g/mol. The maximum absolute atomic E-state index is 10.9. The van der Waals surface area contributed by atoms with Crippen molar-refractivity contribution in [3.8, 4) is 0 Å². The van der Waals surface area contributed by atoms with Gasteiger partial charge in [0.2, 0.25) is 0 Å². The molecule has 1 N–H and O–H groups in total. The molecule has 0 aliphatic heterocycles. The summed E-state index contributed by atoms with van der Waals surface area (Å²) in [4.78, 5) is 0. The Morgan fingerprint density at radius 1 is 1.62 bits per heavy atom. The lowest BCUT2D eigenvalue weighted by Crippen LogP contribution is -2.22. The van der Waals surface area contributed by atoms with Crippen LogP contribution in [0.1, 0.15) is 31.4 Å². The topological polar surface area (TPSA) is 46.9 Å². The van der Waals surface area contributed by atoms with E-state index in [0.717, 1.165) is 25.1 Å². The molecule has 1 heterocycles. The molecule has 16 heavy (non-hydrogen) atoms. The number of hydrogen-bond donors (Lipinski definition) is 1. The predicted octanol–water partition coefficient (Wildman–Crippen LogP) is 1.23. The minimum atomic E-state index is -0.679. The number of aryl methyl sites for hydroxylation is 1. The quantitative estimate of drug-likeness (QED) is 0.733. The second-order valence-electron chi connectivity index (χ2n) is 3.99. The second-order valence-corrected chi connectivity index (χ2v) is 5.55. The summed E-state index contributed by atoms with van der Waals surface area (Å²) < 4.78 is 12.7. The maximum Gasteiger partial charge on any atom is 0.0537 e. The molecule has 2 atom stereocenters. The van der Waals surface area contributed by atoms with Crippen LogP contribution in [0.4, 0.5) is 0 Å². The van der Waals surface area contributed by atoms with Crippen molar-refractivity contribution < 1.29 is 4.21 Å². The first-order valence-electron chi connectivity index (χ1n) is 5.65. The zero-order valence-corrected chi connectivity index (χ0v) is 11.1. The highest BCUT2D eigenvalue weighted by Gasteiger charge is 2.09. The van der Waals surface area contributed by atoms with Crippen molar-refractivity contribution in [2.45, 2.75) is 25.8 Å². The van der Waals surface area contributed by atoms with Crippen molar-refractivity contribution in [1.29, 1.82) is 0 Å². The largest absolute Gasteiger partial charge is 0.310 e. The van der Waals surface area contributed by atoms with Crippen LogP contribution < -0.4 is 5.32 Å². The van der Waals surface area contributed by atoms with E-state index in [1.54, 1.807) is 6.26 Å². The second kappa shape index (κ2) is 6.81. The Labute approximate surface area is 99.9 Å². The van der Waals surface area contributed by atoms with E-state index in [1.165, 1.54) is 5.56 Å². The maximum atomic E-state index is 10.9. The molecule has 0 saturated heterocycles. The number of hydrogen-bond acceptors (Lipinski definition) is 3. The van der Waals surface area contributed by atoms with Crippen molar-refractivity contribution in [1.82, 2.24) is 15.1 Å². The fourth-order valence-corrected chi connectivity index (χ4v) is 2.22. The van der Waals surface area contributed by atoms with Gasteiger partial charge in [-0.2, -0.15) is 5.10 Å². The monoisotopic (exact) mass is 243 g/mol. The summed E-state index contributed by atoms with van der Waals surface area (Å²) in [6.45, 7) is 3.07. The van der Waals surface area contributed by atoms with Gasteiger partial charge in [-0.25, -0.2) is 0 Å². The highest BCUT2D eigenvalue weighted by molar-refractivity contribution is 7.84. The van der Waals surface area contributed by atoms with Crippen LogP contribution in [-0.4, -0.2) is 32.5 Å². The molecule has 0 spiro atoms. The van der Waals surface area contributed by atoms with Gasteiger partial charge in [-0.1, -0.05) is 6.92 Å². The Kier molecular flexibility index (Phi) is 5.69. The van der Waals surface area contributed by atoms with Gasteiger partial charge in [0.25, 0.3) is 0 Å². The van der Waals surface area contributed by atoms with Gasteiger partial charge in [0.1, 0.15) is 0 Å². The van der Waals surface area contributed by atoms with E-state index in [2.05, 4.69) is 17.3 Å². The molecule has 1 rings (SSSR count). The van der Waals surface area contributed by atoms with Crippen LogP contribution in [0.15, 0.2) is 12.4 Å². The minimum absolute atomic E-state index is 0.360. The third kappa shape index (κ3) is 4.45. The Morgan fingerprint density at radius 3 is 2.88 bits per heavy atom. The van der Waals surface area contributed by atoms with Crippen molar-refractivity contribution in [3.63, 3.8) is 0 Å². The molecule has 1 aromatic heterocycles. The molecule has 0 amide bonds. The lowest BCUT2D eigenvalue weighted by Gasteiger charge is -2.14. The SMILES string of the molecule is CCC(NCCCS(C)=O)c1cnn(C)c1. The van der Waals surface area contributed by atoms with Gasteiger partial charge in [0.05, 0.1) is 6.20 Å². The lowest BCUT2D eigenvalue weighted by atomic mass is 10.1. The van der Waals surface area contributed by atoms with Gasteiger partial charge in [0.15, 0.2) is 0 Å². The average Bonchev–Trinajstić information content (AvgIpc) is 2.64. The predicted molar refractivity (Wildman–Crippen MR) is 67.8 cm³/mol. The van der Waals surface area contributed by atoms with Crippen LogP contribution in [0.25, 0.3) is 0 Å². The van der Waals surface area contributed by atoms with Crippen molar-refractivity contribution >= 4 is 10.8 Å². The molecule has 0 aliphatic carbocycles. The van der Waals surface area contributed by atoms with Crippen LogP contribution in [0.3, 0.4) is 0 Å². The molecular formula is C11H21N3OS. The Hall–Kier alpha value is -0.680. The van der Waals surface area contributed by atoms with E-state index in [9.17, 15) is 4.21 Å². The van der Waals surface area contributed by atoms with E-state index in [1.807, 2.05) is 24.1 Å². The van der Waals surface area contributed by atoms with E-state index in [-0.39, 0.29) is 0 Å². The summed E-state index contributed by atoms with van der Waals surface area (Å²) in [6.07, 6.45) is 7.69. The number of rotatable bonds is 7. The smallest absolute Gasteiger partial charge is 0.0537 e. The summed E-state index contributed by atoms with van der Waals surface area (Å²) >= 11 is 0. The van der Waals surface area contributed by atoms with E-state index in [4.69, 9.17) is 0 Å². The average molecular weight is 243 g/mol. The summed E-state index contributed by atoms with van der Waals surface area (Å²) in [5, 5.41) is 7.64. The fourth-order valence-electron chi connectivity index (χ4n) is 1.67. The fraction of sp³-hybridized carbons (Fsp3) is 0.727. The Balaban J connectivity index is 2.35. The van der Waals surface area contributed by atoms with Gasteiger partial charge in [-0.05, 0) is 19.4 Å². The Bertz CT molecular complexity index is 338. The molecule has 2 unspecified atom stereocenters. The summed E-state index contributed by atoms with van der Waals surface area (Å²) in [5.41, 5.74) is 1.22. The molecule has 0 radical (unpaired) electrons. The normalized spacial score (nSPS) is 14.9. The summed E-state index contributed by atoms with van der Waals surface area (Å²) in [6, 6.07) is 0.360. The van der Waals surface area contributed by atoms with Crippen molar-refractivity contribution in [3.05, 3.63) is 18.0 Å². The van der Waals surface area contributed by atoms with Gasteiger partial charge >= 0.3 is 0 Å². The molecule has 5 heteroatoms. The highest BCUT2D eigenvalue weighted by atomic mass is 32.2. The zero-order chi connectivity index (χ0) is 12.0. The Morgan fingerprint density at radius 2 is 2.38 bits per heavy atom. The van der Waals surface area contributed by atoms with Crippen LogP contribution in [0.2, 0.25) is 0 Å². The van der Waals surface area contributed by atoms with E-state index in [0.29, 0.717) is 6.04 Å². The van der Waals surface area contributed by atoms with Gasteiger partial charge in [0, 0.05) is 47.7 Å². The van der Waals surface area contributed by atoms with Crippen LogP contribution >= 0.6 is 0 Å². The molecule has 0 saturated carbocycles. The molecule has 0 aliphatic rings. The molecule has 1 aromatic rings. The van der Waals surface area contributed by atoms with Crippen LogP contribution in [0, 0.1) is 0 Å². The van der Waals surface area contributed by atoms with Gasteiger partial charge < -0.3 is 5.32 Å². The van der Waals surface area contributed by atoms with E-state index >= 15 is 0 Å². The van der Waals surface area contributed by atoms with Gasteiger partial charge in [-0.3, -0.25) is 8.89 Å². The van der Waals surface area contributed by atoms with E-state index < -0.39 is 10.8 Å². The zero-order valence-electron chi connectivity index (χ0n) is 10.3. The number of nitrogens with zero attached hydrogens (tertiary/aromatic N) is 2. The molecule has 0 fully saturated rings. The molecule has 92 valence electrons. The minimum Gasteiger partial charge on any atom is -0.310 e. The van der Waals surface area contributed by atoms with Gasteiger partial charge in [-0.15, -0.1) is 0 Å². The first kappa shape index (κ1) is 13.4. The molecule has 0 aromatic carbocycles. The first-order chi connectivity index (χ1) is 7.63. The third-order valence-corrected chi connectivity index (χ3v) is 3.40. The third-order valence-electron chi connectivity index (χ3n) is 2.53. The molecule has 0 bridgehead atoms. The first-order valence-corrected chi connectivity index (χ1v) is 7.38. The van der Waals surface area contributed by atoms with Crippen LogP contribution in [0.5, 0.6) is 0 Å².